The van der Waals surface area contributed by atoms with Gasteiger partial charge in [0.25, 0.3) is 0 Å². The molecular weight excluding hydrogens is 353 g/mol. The lowest BCUT2D eigenvalue weighted by molar-refractivity contribution is -0.118. The van der Waals surface area contributed by atoms with Crippen molar-refractivity contribution in [1.82, 2.24) is 9.97 Å². The summed E-state index contributed by atoms with van der Waals surface area (Å²) >= 11 is 0. The predicted octanol–water partition coefficient (Wildman–Crippen LogP) is 4.02. The number of pyridine rings is 2. The molecule has 2 aromatic heterocycles. The summed E-state index contributed by atoms with van der Waals surface area (Å²) < 4.78 is 15.0. The lowest BCUT2D eigenvalue weighted by atomic mass is 9.99. The van der Waals surface area contributed by atoms with E-state index in [0.717, 1.165) is 22.5 Å². The molecule has 3 aromatic rings. The van der Waals surface area contributed by atoms with Gasteiger partial charge in [0.05, 0.1) is 24.4 Å². The van der Waals surface area contributed by atoms with Gasteiger partial charge in [0.2, 0.25) is 0 Å². The molecule has 5 heteroatoms. The summed E-state index contributed by atoms with van der Waals surface area (Å²) in [4.78, 5) is 25.3. The van der Waals surface area contributed by atoms with Crippen molar-refractivity contribution in [3.8, 4) is 0 Å². The first kappa shape index (κ1) is 18.2. The summed E-state index contributed by atoms with van der Waals surface area (Å²) in [5.41, 5.74) is 5.03. The van der Waals surface area contributed by atoms with Gasteiger partial charge in [-0.15, -0.1) is 0 Å². The van der Waals surface area contributed by atoms with E-state index in [0.29, 0.717) is 24.0 Å². The molecule has 28 heavy (non-hydrogen) atoms. The highest BCUT2D eigenvalue weighted by Gasteiger charge is 2.24. The molecule has 0 radical (unpaired) electrons. The molecule has 0 bridgehead atoms. The van der Waals surface area contributed by atoms with Gasteiger partial charge in [-0.2, -0.15) is 0 Å². The van der Waals surface area contributed by atoms with E-state index >= 15 is 0 Å². The van der Waals surface area contributed by atoms with Crippen LogP contribution < -0.4 is 0 Å². The Balaban J connectivity index is 1.49. The van der Waals surface area contributed by atoms with Crippen LogP contribution in [0.25, 0.3) is 0 Å². The number of carbonyl (C=O) groups is 1. The van der Waals surface area contributed by atoms with Crippen LogP contribution in [-0.2, 0) is 24.2 Å². The fourth-order valence-electron chi connectivity index (χ4n) is 3.44. The fourth-order valence-corrected chi connectivity index (χ4v) is 3.44. The zero-order valence-electron chi connectivity index (χ0n) is 15.7. The minimum atomic E-state index is -0.407. The smallest absolute Gasteiger partial charge is 0.150 e. The van der Waals surface area contributed by atoms with Gasteiger partial charge in [0.1, 0.15) is 5.78 Å². The molecule has 1 aliphatic rings. The number of ketones is 1. The molecule has 0 saturated heterocycles. The molecular formula is C23H20FN3O. The third-order valence-corrected chi connectivity index (χ3v) is 4.91. The molecule has 0 N–H and O–H groups in total. The minimum absolute atomic E-state index is 0.00957. The Kier molecular flexibility index (Phi) is 5.06. The van der Waals surface area contributed by atoms with E-state index in [9.17, 15) is 9.18 Å². The number of aliphatic imine (C=N–C) groups is 1. The second-order valence-corrected chi connectivity index (χ2v) is 6.96. The van der Waals surface area contributed by atoms with Crippen LogP contribution in [0.4, 0.5) is 4.39 Å². The standard InChI is InChI=1S/C23H20FN3O/c1-15-11-17(9-10-25-15)23-20-14-26-21(22(24)19(20)13-27-23)12-18(28)8-7-16-5-3-2-4-6-16/h2-6,9-11,14H,7-8,12-13H2,1H3. The normalized spacial score (nSPS) is 12.6. The second kappa shape index (κ2) is 7.80. The zero-order chi connectivity index (χ0) is 19.5. The molecule has 0 saturated carbocycles. The first-order chi connectivity index (χ1) is 13.6. The summed E-state index contributed by atoms with van der Waals surface area (Å²) in [6, 6.07) is 13.6. The highest BCUT2D eigenvalue weighted by atomic mass is 19.1. The highest BCUT2D eigenvalue weighted by molar-refractivity contribution is 6.15. The van der Waals surface area contributed by atoms with Crippen molar-refractivity contribution in [2.75, 3.05) is 0 Å². The minimum Gasteiger partial charge on any atom is -0.299 e. The van der Waals surface area contributed by atoms with Crippen molar-refractivity contribution in [1.29, 1.82) is 0 Å². The summed E-state index contributed by atoms with van der Waals surface area (Å²) in [6.07, 6.45) is 4.39. The molecule has 0 unspecified atom stereocenters. The summed E-state index contributed by atoms with van der Waals surface area (Å²) in [5.74, 6) is -0.422. The Morgan fingerprint density at radius 2 is 1.96 bits per heavy atom. The van der Waals surface area contributed by atoms with E-state index in [1.54, 1.807) is 12.4 Å². The Morgan fingerprint density at radius 3 is 2.75 bits per heavy atom. The number of aromatic nitrogens is 2. The second-order valence-electron chi connectivity index (χ2n) is 6.96. The van der Waals surface area contributed by atoms with E-state index in [2.05, 4.69) is 15.0 Å². The van der Waals surface area contributed by atoms with Crippen LogP contribution in [0.3, 0.4) is 0 Å². The van der Waals surface area contributed by atoms with Gasteiger partial charge in [-0.3, -0.25) is 19.8 Å². The summed E-state index contributed by atoms with van der Waals surface area (Å²) in [6.45, 7) is 2.18. The van der Waals surface area contributed by atoms with E-state index in [4.69, 9.17) is 0 Å². The largest absolute Gasteiger partial charge is 0.299 e. The van der Waals surface area contributed by atoms with E-state index in [-0.39, 0.29) is 24.4 Å². The number of nitrogens with zero attached hydrogens (tertiary/aromatic N) is 3. The monoisotopic (exact) mass is 373 g/mol. The Morgan fingerprint density at radius 1 is 1.14 bits per heavy atom. The van der Waals surface area contributed by atoms with Crippen LogP contribution >= 0.6 is 0 Å². The molecule has 0 amide bonds. The van der Waals surface area contributed by atoms with Gasteiger partial charge in [-0.25, -0.2) is 4.39 Å². The fraction of sp³-hybridized carbons (Fsp3) is 0.217. The zero-order valence-corrected chi connectivity index (χ0v) is 15.7. The van der Waals surface area contributed by atoms with Crippen LogP contribution in [-0.4, -0.2) is 21.5 Å². The number of fused-ring (bicyclic) bond motifs is 1. The number of rotatable bonds is 6. The Hall–Kier alpha value is -3.21. The molecule has 0 spiro atoms. The Labute approximate surface area is 163 Å². The van der Waals surface area contributed by atoms with Crippen LogP contribution in [0.1, 0.15) is 40.1 Å². The number of halogens is 1. The third kappa shape index (κ3) is 3.74. The first-order valence-electron chi connectivity index (χ1n) is 9.31. The lowest BCUT2D eigenvalue weighted by Crippen LogP contribution is -2.11. The SMILES string of the molecule is Cc1cc(C2=NCc3c2cnc(CC(=O)CCc2ccccc2)c3F)ccn1. The topological polar surface area (TPSA) is 55.2 Å². The maximum Gasteiger partial charge on any atom is 0.150 e. The van der Waals surface area contributed by atoms with Gasteiger partial charge in [0, 0.05) is 41.2 Å². The van der Waals surface area contributed by atoms with Crippen molar-refractivity contribution in [2.24, 2.45) is 4.99 Å². The number of hydrogen-bond donors (Lipinski definition) is 0. The molecule has 0 aliphatic carbocycles. The first-order valence-corrected chi connectivity index (χ1v) is 9.31. The summed E-state index contributed by atoms with van der Waals surface area (Å²) in [5, 5.41) is 0. The van der Waals surface area contributed by atoms with Crippen molar-refractivity contribution in [3.05, 3.63) is 94.3 Å². The van der Waals surface area contributed by atoms with Gasteiger partial charge >= 0.3 is 0 Å². The maximum atomic E-state index is 15.0. The van der Waals surface area contributed by atoms with Crippen LogP contribution in [0, 0.1) is 12.7 Å². The van der Waals surface area contributed by atoms with Crippen LogP contribution in [0.15, 0.2) is 59.9 Å². The molecule has 4 rings (SSSR count). The summed E-state index contributed by atoms with van der Waals surface area (Å²) in [7, 11) is 0. The van der Waals surface area contributed by atoms with Crippen LogP contribution in [0.5, 0.6) is 0 Å². The average molecular weight is 373 g/mol. The van der Waals surface area contributed by atoms with Gasteiger partial charge in [-0.05, 0) is 31.0 Å². The molecule has 0 atom stereocenters. The molecule has 0 fully saturated rings. The van der Waals surface area contributed by atoms with Crippen molar-refractivity contribution >= 4 is 11.5 Å². The van der Waals surface area contributed by atoms with Gasteiger partial charge < -0.3 is 0 Å². The lowest BCUT2D eigenvalue weighted by Gasteiger charge is -2.08. The van der Waals surface area contributed by atoms with Crippen molar-refractivity contribution < 1.29 is 9.18 Å². The van der Waals surface area contributed by atoms with E-state index in [1.807, 2.05) is 49.4 Å². The van der Waals surface area contributed by atoms with Gasteiger partial charge in [0.15, 0.2) is 5.82 Å². The number of aryl methyl sites for hydroxylation is 2. The number of benzene rings is 1. The quantitative estimate of drug-likeness (QED) is 0.656. The Bertz CT molecular complexity index is 1060. The predicted molar refractivity (Wildman–Crippen MR) is 106 cm³/mol. The molecule has 4 nitrogen and oxygen atoms in total. The van der Waals surface area contributed by atoms with Crippen LogP contribution in [0.2, 0.25) is 0 Å². The average Bonchev–Trinajstić information content (AvgIpc) is 3.14. The number of carbonyl (C=O) groups excluding carboxylic acids is 1. The third-order valence-electron chi connectivity index (χ3n) is 4.91. The number of Topliss-reactive ketones (excluding diaryl/α,β-unsaturated/α-hetero) is 1. The molecule has 140 valence electrons. The molecule has 1 aromatic carbocycles. The maximum absolute atomic E-state index is 15.0. The molecule has 3 heterocycles. The van der Waals surface area contributed by atoms with Crippen molar-refractivity contribution in [3.63, 3.8) is 0 Å². The van der Waals surface area contributed by atoms with Gasteiger partial charge in [-0.1, -0.05) is 30.3 Å². The molecule has 1 aliphatic heterocycles. The van der Waals surface area contributed by atoms with Crippen molar-refractivity contribution in [2.45, 2.75) is 32.7 Å². The number of hydrogen-bond acceptors (Lipinski definition) is 4. The van der Waals surface area contributed by atoms with E-state index < -0.39 is 5.82 Å². The van der Waals surface area contributed by atoms with E-state index in [1.165, 1.54) is 0 Å². The highest BCUT2D eigenvalue weighted by Crippen LogP contribution is 2.26.